The number of carbonyl (C=O) groups excluding carboxylic acids is 1. The standard InChI is InChI=1S/C14H10Cl2N2O3S/c1-22-13-5-2-8(15)6-10(13)14(19)17-12-4-3-9(18(20)21)7-11(12)16/h2-7H,1H3,(H,17,19). The lowest BCUT2D eigenvalue weighted by molar-refractivity contribution is -0.384. The molecule has 22 heavy (non-hydrogen) atoms. The maximum Gasteiger partial charge on any atom is 0.271 e. The number of amides is 1. The lowest BCUT2D eigenvalue weighted by Crippen LogP contribution is -2.13. The van der Waals surface area contributed by atoms with E-state index in [1.165, 1.54) is 30.0 Å². The van der Waals surface area contributed by atoms with Gasteiger partial charge in [-0.1, -0.05) is 23.2 Å². The lowest BCUT2D eigenvalue weighted by atomic mass is 10.2. The Balaban J connectivity index is 2.29. The van der Waals surface area contributed by atoms with E-state index in [4.69, 9.17) is 23.2 Å². The van der Waals surface area contributed by atoms with E-state index >= 15 is 0 Å². The smallest absolute Gasteiger partial charge is 0.271 e. The summed E-state index contributed by atoms with van der Waals surface area (Å²) in [4.78, 5) is 23.2. The quantitative estimate of drug-likeness (QED) is 0.481. The Hall–Kier alpha value is -1.76. The first-order chi connectivity index (χ1) is 10.4. The van der Waals surface area contributed by atoms with Crippen LogP contribution in [0.25, 0.3) is 0 Å². The third-order valence-electron chi connectivity index (χ3n) is 2.82. The van der Waals surface area contributed by atoms with E-state index in [9.17, 15) is 14.9 Å². The molecule has 2 aromatic carbocycles. The van der Waals surface area contributed by atoms with Crippen molar-refractivity contribution in [2.45, 2.75) is 4.90 Å². The predicted octanol–water partition coefficient (Wildman–Crippen LogP) is 4.88. The van der Waals surface area contributed by atoms with Crippen molar-refractivity contribution in [1.82, 2.24) is 0 Å². The zero-order valence-corrected chi connectivity index (χ0v) is 13.6. The summed E-state index contributed by atoms with van der Waals surface area (Å²) in [6.45, 7) is 0. The molecule has 0 radical (unpaired) electrons. The van der Waals surface area contributed by atoms with Crippen molar-refractivity contribution >= 4 is 52.2 Å². The van der Waals surface area contributed by atoms with Crippen molar-refractivity contribution in [1.29, 1.82) is 0 Å². The van der Waals surface area contributed by atoms with Crippen LogP contribution in [0.1, 0.15) is 10.4 Å². The number of thioether (sulfide) groups is 1. The number of anilines is 1. The summed E-state index contributed by atoms with van der Waals surface area (Å²) in [6, 6.07) is 8.85. The predicted molar refractivity (Wildman–Crippen MR) is 89.3 cm³/mol. The first kappa shape index (κ1) is 16.6. The summed E-state index contributed by atoms with van der Waals surface area (Å²) >= 11 is 13.3. The fraction of sp³-hybridized carbons (Fsp3) is 0.0714. The molecule has 0 aromatic heterocycles. The van der Waals surface area contributed by atoms with Gasteiger partial charge in [-0.15, -0.1) is 11.8 Å². The second kappa shape index (κ2) is 7.00. The Morgan fingerprint density at radius 3 is 2.55 bits per heavy atom. The third kappa shape index (κ3) is 3.71. The molecule has 0 heterocycles. The fourth-order valence-electron chi connectivity index (χ4n) is 1.77. The molecule has 2 aromatic rings. The molecule has 0 aliphatic heterocycles. The average Bonchev–Trinajstić information content (AvgIpc) is 2.48. The zero-order valence-electron chi connectivity index (χ0n) is 11.3. The number of halogens is 2. The topological polar surface area (TPSA) is 72.2 Å². The van der Waals surface area contributed by atoms with Crippen LogP contribution >= 0.6 is 35.0 Å². The average molecular weight is 357 g/mol. The van der Waals surface area contributed by atoms with Gasteiger partial charge in [0.1, 0.15) is 0 Å². The first-order valence-corrected chi connectivity index (χ1v) is 7.99. The maximum atomic E-state index is 12.3. The molecule has 0 aliphatic carbocycles. The van der Waals surface area contributed by atoms with Crippen molar-refractivity contribution < 1.29 is 9.72 Å². The van der Waals surface area contributed by atoms with E-state index in [1.807, 2.05) is 6.26 Å². The molecule has 0 fully saturated rings. The van der Waals surface area contributed by atoms with E-state index in [-0.39, 0.29) is 16.6 Å². The maximum absolute atomic E-state index is 12.3. The van der Waals surface area contributed by atoms with Gasteiger partial charge in [-0.2, -0.15) is 0 Å². The van der Waals surface area contributed by atoms with Crippen LogP contribution in [0.15, 0.2) is 41.3 Å². The molecule has 5 nitrogen and oxygen atoms in total. The number of hydrogen-bond acceptors (Lipinski definition) is 4. The molecule has 1 amide bonds. The van der Waals surface area contributed by atoms with Crippen molar-refractivity contribution in [3.05, 3.63) is 62.1 Å². The van der Waals surface area contributed by atoms with Gasteiger partial charge in [0, 0.05) is 22.1 Å². The van der Waals surface area contributed by atoms with Crippen molar-refractivity contribution in [2.24, 2.45) is 0 Å². The van der Waals surface area contributed by atoms with E-state index in [0.29, 0.717) is 16.3 Å². The molecule has 2 rings (SSSR count). The van der Waals surface area contributed by atoms with Gasteiger partial charge in [0.2, 0.25) is 0 Å². The van der Waals surface area contributed by atoms with Gasteiger partial charge < -0.3 is 5.32 Å². The molecule has 1 N–H and O–H groups in total. The number of benzene rings is 2. The van der Waals surface area contributed by atoms with Gasteiger partial charge in [0.25, 0.3) is 11.6 Å². The molecule has 114 valence electrons. The number of nitro groups is 1. The van der Waals surface area contributed by atoms with E-state index in [0.717, 1.165) is 4.90 Å². The summed E-state index contributed by atoms with van der Waals surface area (Å²) in [6.07, 6.45) is 1.85. The minimum atomic E-state index is -0.555. The summed E-state index contributed by atoms with van der Waals surface area (Å²) in [5.74, 6) is -0.386. The third-order valence-corrected chi connectivity index (χ3v) is 4.16. The first-order valence-electron chi connectivity index (χ1n) is 6.01. The molecular formula is C14H10Cl2N2O3S. The van der Waals surface area contributed by atoms with Crippen LogP contribution in [0.3, 0.4) is 0 Å². The van der Waals surface area contributed by atoms with Crippen LogP contribution in [0.5, 0.6) is 0 Å². The Labute approximate surface area is 140 Å². The lowest BCUT2D eigenvalue weighted by Gasteiger charge is -2.10. The minimum absolute atomic E-state index is 0.0929. The summed E-state index contributed by atoms with van der Waals surface area (Å²) in [5.41, 5.74) is 0.564. The van der Waals surface area contributed by atoms with Gasteiger partial charge in [0.15, 0.2) is 0 Å². The SMILES string of the molecule is CSc1ccc(Cl)cc1C(=O)Nc1ccc([N+](=O)[O-])cc1Cl. The molecule has 0 atom stereocenters. The van der Waals surface area contributed by atoms with Crippen LogP contribution in [0, 0.1) is 10.1 Å². The van der Waals surface area contributed by atoms with Gasteiger partial charge in [0.05, 0.1) is 21.2 Å². The van der Waals surface area contributed by atoms with Gasteiger partial charge in [-0.05, 0) is 30.5 Å². The Morgan fingerprint density at radius 2 is 1.95 bits per heavy atom. The number of nitro benzene ring substituents is 1. The van der Waals surface area contributed by atoms with E-state index in [1.54, 1.807) is 18.2 Å². The number of carbonyl (C=O) groups is 1. The summed E-state index contributed by atoms with van der Waals surface area (Å²) in [7, 11) is 0. The van der Waals surface area contributed by atoms with Crippen LogP contribution in [-0.4, -0.2) is 17.1 Å². The van der Waals surface area contributed by atoms with Crippen molar-refractivity contribution in [3.8, 4) is 0 Å². The van der Waals surface area contributed by atoms with Crippen molar-refractivity contribution in [3.63, 3.8) is 0 Å². The zero-order chi connectivity index (χ0) is 16.3. The fourth-order valence-corrected chi connectivity index (χ4v) is 2.74. The van der Waals surface area contributed by atoms with Crippen LogP contribution in [-0.2, 0) is 0 Å². The molecule has 0 unspecified atom stereocenters. The largest absolute Gasteiger partial charge is 0.321 e. The molecule has 8 heteroatoms. The number of nitrogens with one attached hydrogen (secondary N) is 1. The van der Waals surface area contributed by atoms with Gasteiger partial charge in [-0.3, -0.25) is 14.9 Å². The van der Waals surface area contributed by atoms with Crippen LogP contribution < -0.4 is 5.32 Å². The normalized spacial score (nSPS) is 10.3. The molecule has 0 saturated carbocycles. The monoisotopic (exact) mass is 356 g/mol. The van der Waals surface area contributed by atoms with E-state index in [2.05, 4.69) is 5.32 Å². The number of rotatable bonds is 4. The van der Waals surface area contributed by atoms with Crippen LogP contribution in [0.2, 0.25) is 10.0 Å². The number of nitrogens with zero attached hydrogens (tertiary/aromatic N) is 1. The van der Waals surface area contributed by atoms with Crippen molar-refractivity contribution in [2.75, 3.05) is 11.6 Å². The Kier molecular flexibility index (Phi) is 5.28. The highest BCUT2D eigenvalue weighted by molar-refractivity contribution is 7.98. The van der Waals surface area contributed by atoms with Gasteiger partial charge >= 0.3 is 0 Å². The molecule has 0 saturated heterocycles. The summed E-state index contributed by atoms with van der Waals surface area (Å²) < 4.78 is 0. The second-order valence-electron chi connectivity index (χ2n) is 4.22. The number of hydrogen-bond donors (Lipinski definition) is 1. The Morgan fingerprint density at radius 1 is 1.23 bits per heavy atom. The molecule has 0 bridgehead atoms. The second-order valence-corrected chi connectivity index (χ2v) is 5.91. The van der Waals surface area contributed by atoms with E-state index < -0.39 is 4.92 Å². The Bertz CT molecular complexity index is 753. The molecule has 0 aliphatic rings. The van der Waals surface area contributed by atoms with Gasteiger partial charge in [-0.25, -0.2) is 0 Å². The summed E-state index contributed by atoms with van der Waals surface area (Å²) in [5, 5.41) is 13.8. The molecular weight excluding hydrogens is 347 g/mol. The highest BCUT2D eigenvalue weighted by Crippen LogP contribution is 2.29. The molecule has 0 spiro atoms. The number of non-ortho nitro benzene ring substituents is 1. The minimum Gasteiger partial charge on any atom is -0.321 e. The van der Waals surface area contributed by atoms with Crippen LogP contribution in [0.4, 0.5) is 11.4 Å². The highest BCUT2D eigenvalue weighted by Gasteiger charge is 2.15. The highest BCUT2D eigenvalue weighted by atomic mass is 35.5.